The number of nitrogens with one attached hydrogen (secondary N) is 3. The van der Waals surface area contributed by atoms with Crippen LogP contribution < -0.4 is 24.8 Å². The fourth-order valence-electron chi connectivity index (χ4n) is 5.28. The average molecular weight is 588 g/mol. The lowest BCUT2D eigenvalue weighted by atomic mass is 10.1. The summed E-state index contributed by atoms with van der Waals surface area (Å²) < 4.78 is 18.1. The summed E-state index contributed by atoms with van der Waals surface area (Å²) in [5.41, 5.74) is 4.18. The fraction of sp³-hybridized carbons (Fsp3) is 0.438. The topological polar surface area (TPSA) is 135 Å². The molecule has 0 radical (unpaired) electrons. The van der Waals surface area contributed by atoms with E-state index >= 15 is 0 Å². The van der Waals surface area contributed by atoms with Crippen molar-refractivity contribution < 1.29 is 28.6 Å². The zero-order valence-electron chi connectivity index (χ0n) is 24.5. The van der Waals surface area contributed by atoms with Crippen molar-refractivity contribution in [3.63, 3.8) is 0 Å². The fourth-order valence-corrected chi connectivity index (χ4v) is 5.28. The molecule has 4 aliphatic rings. The number of H-pyrrole nitrogens is 1. The summed E-state index contributed by atoms with van der Waals surface area (Å²) in [6.07, 6.45) is 2.63. The lowest BCUT2D eigenvalue weighted by Crippen LogP contribution is -2.45. The second-order valence-electron chi connectivity index (χ2n) is 11.6. The highest BCUT2D eigenvalue weighted by atomic mass is 16.5. The first kappa shape index (κ1) is 28.6. The molecular weight excluding hydrogens is 550 g/mol. The van der Waals surface area contributed by atoms with Gasteiger partial charge in [-0.15, -0.1) is 0 Å². The van der Waals surface area contributed by atoms with Crippen molar-refractivity contribution in [2.24, 2.45) is 5.92 Å². The van der Waals surface area contributed by atoms with Crippen molar-refractivity contribution in [3.8, 4) is 17.2 Å². The lowest BCUT2D eigenvalue weighted by molar-refractivity contribution is -0.130. The molecule has 3 amide bonds. The molecule has 2 aromatic carbocycles. The SMILES string of the molecule is Cc1[nH]nc(CCC(=O)N2C[C@@H]3NC(=O)c4cc(cc(OCC5CC5)c4)OCC(=O)NCc4ccc(cc4)O[C@H]3C2)c1C. The van der Waals surface area contributed by atoms with Crippen LogP contribution in [0.1, 0.15) is 52.1 Å². The van der Waals surface area contributed by atoms with Crippen molar-refractivity contribution in [1.82, 2.24) is 25.7 Å². The van der Waals surface area contributed by atoms with E-state index in [1.165, 1.54) is 0 Å². The zero-order chi connectivity index (χ0) is 29.9. The number of aromatic nitrogens is 2. The first-order valence-electron chi connectivity index (χ1n) is 14.8. The first-order chi connectivity index (χ1) is 20.8. The predicted molar refractivity (Wildman–Crippen MR) is 157 cm³/mol. The van der Waals surface area contributed by atoms with Crippen LogP contribution in [0.4, 0.5) is 0 Å². The molecule has 4 bridgehead atoms. The Balaban J connectivity index is 1.23. The van der Waals surface area contributed by atoms with E-state index in [1.54, 1.807) is 23.1 Å². The summed E-state index contributed by atoms with van der Waals surface area (Å²) in [5.74, 6) is 1.35. The van der Waals surface area contributed by atoms with Gasteiger partial charge in [0.25, 0.3) is 11.8 Å². The molecule has 43 heavy (non-hydrogen) atoms. The number of nitrogens with zero attached hydrogens (tertiary/aromatic N) is 2. The maximum Gasteiger partial charge on any atom is 0.258 e. The van der Waals surface area contributed by atoms with Gasteiger partial charge in [0, 0.05) is 43.3 Å². The van der Waals surface area contributed by atoms with Gasteiger partial charge in [-0.2, -0.15) is 5.10 Å². The zero-order valence-corrected chi connectivity index (χ0v) is 24.5. The van der Waals surface area contributed by atoms with Crippen LogP contribution in [0.5, 0.6) is 17.2 Å². The molecule has 1 saturated heterocycles. The normalized spacial score (nSPS) is 20.4. The summed E-state index contributed by atoms with van der Waals surface area (Å²) in [6, 6.07) is 11.9. The van der Waals surface area contributed by atoms with E-state index in [0.29, 0.717) is 67.8 Å². The number of amides is 3. The number of carbonyl (C=O) groups is 3. The third-order valence-electron chi connectivity index (χ3n) is 8.26. The number of hydrogen-bond donors (Lipinski definition) is 3. The molecule has 4 heterocycles. The van der Waals surface area contributed by atoms with Gasteiger partial charge >= 0.3 is 0 Å². The molecule has 3 aliphatic heterocycles. The van der Waals surface area contributed by atoms with Crippen LogP contribution in [0.25, 0.3) is 0 Å². The maximum atomic E-state index is 13.6. The molecule has 3 aromatic rings. The van der Waals surface area contributed by atoms with E-state index in [2.05, 4.69) is 20.8 Å². The van der Waals surface area contributed by atoms with Gasteiger partial charge in [0.1, 0.15) is 23.4 Å². The Morgan fingerprint density at radius 2 is 1.88 bits per heavy atom. The molecule has 0 unspecified atom stereocenters. The third-order valence-corrected chi connectivity index (χ3v) is 8.26. The van der Waals surface area contributed by atoms with Gasteiger partial charge in [-0.25, -0.2) is 0 Å². The molecule has 2 atom stereocenters. The Morgan fingerprint density at radius 3 is 2.63 bits per heavy atom. The second-order valence-corrected chi connectivity index (χ2v) is 11.6. The maximum absolute atomic E-state index is 13.6. The van der Waals surface area contributed by atoms with Gasteiger partial charge in [0.05, 0.1) is 24.9 Å². The molecule has 1 aromatic heterocycles. The Morgan fingerprint density at radius 1 is 1.07 bits per heavy atom. The minimum atomic E-state index is -0.464. The van der Waals surface area contributed by atoms with Crippen LogP contribution >= 0.6 is 0 Å². The molecule has 0 spiro atoms. The minimum Gasteiger partial charge on any atom is -0.493 e. The molecule has 2 fully saturated rings. The highest BCUT2D eigenvalue weighted by Gasteiger charge is 2.38. The Labute approximate surface area is 250 Å². The van der Waals surface area contributed by atoms with E-state index in [-0.39, 0.29) is 24.3 Å². The number of ether oxygens (including phenoxy) is 3. The van der Waals surface area contributed by atoms with Crippen molar-refractivity contribution in [1.29, 1.82) is 0 Å². The van der Waals surface area contributed by atoms with Crippen LogP contribution in [-0.2, 0) is 22.6 Å². The molecule has 226 valence electrons. The third kappa shape index (κ3) is 7.10. The standard InChI is InChI=1S/C32H37N5O6/c1-19-20(2)35-36-27(19)9-10-31(39)37-15-28-29(16-37)43-24-7-5-21(6-8-24)14-33-30(38)18-42-26-12-23(32(40)34-28)11-25(13-26)41-17-22-3-4-22/h5-8,11-13,22,28-29H,3-4,9-10,14-18H2,1-2H3,(H,33,38)(H,34,40)(H,35,36)/t28-,29-/m0/s1. The number of fused-ring (bicyclic) bond motifs is 7. The minimum absolute atomic E-state index is 0.0233. The number of hydrogen-bond acceptors (Lipinski definition) is 7. The van der Waals surface area contributed by atoms with Crippen LogP contribution in [0.3, 0.4) is 0 Å². The van der Waals surface area contributed by atoms with E-state index < -0.39 is 12.1 Å². The quantitative estimate of drug-likeness (QED) is 0.404. The van der Waals surface area contributed by atoms with Crippen molar-refractivity contribution in [2.75, 3.05) is 26.3 Å². The number of benzene rings is 2. The van der Waals surface area contributed by atoms with Gasteiger partial charge in [-0.1, -0.05) is 12.1 Å². The van der Waals surface area contributed by atoms with E-state index in [9.17, 15) is 14.4 Å². The Bertz CT molecular complexity index is 1500. The molecular formula is C32H37N5O6. The predicted octanol–water partition coefficient (Wildman–Crippen LogP) is 2.84. The summed E-state index contributed by atoms with van der Waals surface area (Å²) >= 11 is 0. The van der Waals surface area contributed by atoms with Gasteiger partial charge in [-0.3, -0.25) is 19.5 Å². The molecule has 11 nitrogen and oxygen atoms in total. The molecule has 7 rings (SSSR count). The largest absolute Gasteiger partial charge is 0.493 e. The van der Waals surface area contributed by atoms with Gasteiger partial charge in [0.15, 0.2) is 6.61 Å². The average Bonchev–Trinajstić information content (AvgIpc) is 3.68. The Kier molecular flexibility index (Phi) is 8.22. The number of aryl methyl sites for hydroxylation is 2. The van der Waals surface area contributed by atoms with Crippen LogP contribution in [0, 0.1) is 19.8 Å². The molecule has 3 N–H and O–H groups in total. The summed E-state index contributed by atoms with van der Waals surface area (Å²) in [5, 5.41) is 13.2. The summed E-state index contributed by atoms with van der Waals surface area (Å²) in [4.78, 5) is 41.1. The molecule has 1 saturated carbocycles. The summed E-state index contributed by atoms with van der Waals surface area (Å²) in [6.45, 7) is 5.30. The van der Waals surface area contributed by atoms with Gasteiger partial charge in [0.2, 0.25) is 5.91 Å². The highest BCUT2D eigenvalue weighted by Crippen LogP contribution is 2.31. The Hall–Kier alpha value is -4.54. The molecule has 11 heteroatoms. The van der Waals surface area contributed by atoms with Gasteiger partial charge < -0.3 is 29.7 Å². The van der Waals surface area contributed by atoms with Crippen molar-refractivity contribution in [3.05, 3.63) is 70.5 Å². The first-order valence-corrected chi connectivity index (χ1v) is 14.8. The number of rotatable bonds is 6. The second kappa shape index (κ2) is 12.4. The highest BCUT2D eigenvalue weighted by molar-refractivity contribution is 5.95. The molecule has 1 aliphatic carbocycles. The number of aromatic amines is 1. The van der Waals surface area contributed by atoms with E-state index in [0.717, 1.165) is 35.4 Å². The smallest absolute Gasteiger partial charge is 0.258 e. The van der Waals surface area contributed by atoms with Crippen molar-refractivity contribution >= 4 is 17.7 Å². The van der Waals surface area contributed by atoms with Crippen molar-refractivity contribution in [2.45, 2.75) is 58.2 Å². The number of carbonyl (C=O) groups excluding carboxylic acids is 3. The van der Waals surface area contributed by atoms with Crippen LogP contribution in [0.2, 0.25) is 0 Å². The number of likely N-dealkylation sites (tertiary alicyclic amines) is 1. The van der Waals surface area contributed by atoms with Crippen LogP contribution in [0.15, 0.2) is 42.5 Å². The van der Waals surface area contributed by atoms with E-state index in [4.69, 9.17) is 14.2 Å². The van der Waals surface area contributed by atoms with Gasteiger partial charge in [-0.05, 0) is 68.0 Å². The summed E-state index contributed by atoms with van der Waals surface area (Å²) in [7, 11) is 0. The van der Waals surface area contributed by atoms with E-state index in [1.807, 2.05) is 38.1 Å². The monoisotopic (exact) mass is 587 g/mol. The van der Waals surface area contributed by atoms with Crippen LogP contribution in [-0.4, -0.2) is 71.3 Å². The lowest BCUT2D eigenvalue weighted by Gasteiger charge is -2.21.